The Bertz CT molecular complexity index is 354. The van der Waals surface area contributed by atoms with Crippen LogP contribution in [0.25, 0.3) is 0 Å². The standard InChI is InChI=1S/C13H19BrNO/c1-3-8-15(2,9-10-16)11-12-6-4-5-7-13(12)14/h3-7,16H,1,8-11H2,2H3/q+1/t15-/m1/s1. The Kier molecular flexibility index (Phi) is 5.19. The molecule has 1 rings (SSSR count). The number of benzene rings is 1. The number of hydrogen-bond donors (Lipinski definition) is 1. The van der Waals surface area contributed by atoms with Crippen molar-refractivity contribution in [1.29, 1.82) is 0 Å². The third-order valence-corrected chi connectivity index (χ3v) is 3.49. The molecule has 1 aromatic rings. The Morgan fingerprint density at radius 2 is 2.12 bits per heavy atom. The van der Waals surface area contributed by atoms with Crippen molar-refractivity contribution in [1.82, 2.24) is 0 Å². The van der Waals surface area contributed by atoms with Gasteiger partial charge in [0.2, 0.25) is 0 Å². The number of quaternary nitrogens is 1. The van der Waals surface area contributed by atoms with Gasteiger partial charge in [0.25, 0.3) is 0 Å². The fourth-order valence-electron chi connectivity index (χ4n) is 1.83. The summed E-state index contributed by atoms with van der Waals surface area (Å²) in [5, 5.41) is 9.11. The molecule has 1 N–H and O–H groups in total. The second-order valence-electron chi connectivity index (χ2n) is 4.29. The van der Waals surface area contributed by atoms with E-state index in [1.54, 1.807) is 0 Å². The second-order valence-corrected chi connectivity index (χ2v) is 5.14. The van der Waals surface area contributed by atoms with Crippen molar-refractivity contribution in [3.63, 3.8) is 0 Å². The van der Waals surface area contributed by atoms with Crippen LogP contribution in [0.1, 0.15) is 5.56 Å². The molecule has 0 saturated carbocycles. The Morgan fingerprint density at radius 3 is 2.69 bits per heavy atom. The minimum Gasteiger partial charge on any atom is -0.391 e. The van der Waals surface area contributed by atoms with Crippen molar-refractivity contribution < 1.29 is 9.59 Å². The summed E-state index contributed by atoms with van der Waals surface area (Å²) in [4.78, 5) is 0. The van der Waals surface area contributed by atoms with Crippen molar-refractivity contribution in [2.75, 3.05) is 26.7 Å². The first-order chi connectivity index (χ1) is 7.61. The molecular weight excluding hydrogens is 266 g/mol. The summed E-state index contributed by atoms with van der Waals surface area (Å²) in [6, 6.07) is 8.21. The highest BCUT2D eigenvalue weighted by Crippen LogP contribution is 2.20. The monoisotopic (exact) mass is 284 g/mol. The van der Waals surface area contributed by atoms with E-state index in [0.717, 1.165) is 28.6 Å². The van der Waals surface area contributed by atoms with E-state index in [1.165, 1.54) is 5.56 Å². The van der Waals surface area contributed by atoms with E-state index in [1.807, 2.05) is 24.3 Å². The van der Waals surface area contributed by atoms with E-state index in [-0.39, 0.29) is 6.61 Å². The maximum atomic E-state index is 9.11. The third-order valence-electron chi connectivity index (χ3n) is 2.72. The molecule has 0 aliphatic heterocycles. The van der Waals surface area contributed by atoms with E-state index >= 15 is 0 Å². The Hall–Kier alpha value is -0.640. The van der Waals surface area contributed by atoms with Crippen molar-refractivity contribution in [3.8, 4) is 0 Å². The van der Waals surface area contributed by atoms with Gasteiger partial charge in [0, 0.05) is 10.0 Å². The van der Waals surface area contributed by atoms with Gasteiger partial charge < -0.3 is 9.59 Å². The van der Waals surface area contributed by atoms with Gasteiger partial charge >= 0.3 is 0 Å². The third kappa shape index (κ3) is 3.74. The Morgan fingerprint density at radius 1 is 1.44 bits per heavy atom. The molecule has 88 valence electrons. The van der Waals surface area contributed by atoms with Crippen LogP contribution in [0.2, 0.25) is 0 Å². The average Bonchev–Trinajstić information content (AvgIpc) is 2.22. The smallest absolute Gasteiger partial charge is 0.106 e. The summed E-state index contributed by atoms with van der Waals surface area (Å²) in [5.41, 5.74) is 1.26. The van der Waals surface area contributed by atoms with Crippen molar-refractivity contribution >= 4 is 15.9 Å². The summed E-state index contributed by atoms with van der Waals surface area (Å²) < 4.78 is 1.91. The minimum atomic E-state index is 0.203. The summed E-state index contributed by atoms with van der Waals surface area (Å²) in [6.07, 6.45) is 1.91. The lowest BCUT2D eigenvalue weighted by Gasteiger charge is -2.33. The average molecular weight is 285 g/mol. The minimum absolute atomic E-state index is 0.203. The van der Waals surface area contributed by atoms with Crippen LogP contribution in [0.4, 0.5) is 0 Å². The molecule has 0 fully saturated rings. The van der Waals surface area contributed by atoms with Crippen LogP contribution in [0.15, 0.2) is 41.4 Å². The predicted molar refractivity (Wildman–Crippen MR) is 71.0 cm³/mol. The lowest BCUT2D eigenvalue weighted by Crippen LogP contribution is -2.45. The zero-order valence-corrected chi connectivity index (χ0v) is 11.3. The highest BCUT2D eigenvalue weighted by atomic mass is 79.9. The normalized spacial score (nSPS) is 14.4. The van der Waals surface area contributed by atoms with Gasteiger partial charge in [-0.05, 0) is 12.1 Å². The van der Waals surface area contributed by atoms with Gasteiger partial charge in [-0.15, -0.1) is 0 Å². The van der Waals surface area contributed by atoms with Crippen LogP contribution in [-0.4, -0.2) is 36.3 Å². The van der Waals surface area contributed by atoms with E-state index in [9.17, 15) is 0 Å². The predicted octanol–water partition coefficient (Wildman–Crippen LogP) is 2.57. The van der Waals surface area contributed by atoms with Gasteiger partial charge in [-0.1, -0.05) is 40.7 Å². The number of hydrogen-bond acceptors (Lipinski definition) is 1. The van der Waals surface area contributed by atoms with Crippen LogP contribution in [0.5, 0.6) is 0 Å². The topological polar surface area (TPSA) is 20.2 Å². The Balaban J connectivity index is 2.83. The molecule has 3 heteroatoms. The Labute approximate surface area is 106 Å². The summed E-state index contributed by atoms with van der Waals surface area (Å²) in [7, 11) is 2.14. The molecule has 0 spiro atoms. The van der Waals surface area contributed by atoms with Crippen LogP contribution >= 0.6 is 15.9 Å². The molecule has 0 saturated heterocycles. The molecular formula is C13H19BrNO+. The fourth-order valence-corrected chi connectivity index (χ4v) is 2.24. The van der Waals surface area contributed by atoms with Gasteiger partial charge in [0.15, 0.2) is 0 Å². The number of rotatable bonds is 6. The lowest BCUT2D eigenvalue weighted by molar-refractivity contribution is -0.917. The van der Waals surface area contributed by atoms with Gasteiger partial charge in [0.05, 0.1) is 20.2 Å². The van der Waals surface area contributed by atoms with Crippen LogP contribution in [0, 0.1) is 0 Å². The van der Waals surface area contributed by atoms with Gasteiger partial charge in [0.1, 0.15) is 13.1 Å². The number of nitrogens with zero attached hydrogens (tertiary/aromatic N) is 1. The zero-order valence-electron chi connectivity index (χ0n) is 9.69. The quantitative estimate of drug-likeness (QED) is 0.629. The zero-order chi connectivity index (χ0) is 12.0. The van der Waals surface area contributed by atoms with Crippen molar-refractivity contribution in [3.05, 3.63) is 47.0 Å². The number of aliphatic hydroxyl groups is 1. The molecule has 0 heterocycles. The van der Waals surface area contributed by atoms with Crippen LogP contribution in [-0.2, 0) is 6.54 Å². The van der Waals surface area contributed by atoms with Gasteiger partial charge in [-0.2, -0.15) is 0 Å². The van der Waals surface area contributed by atoms with Crippen LogP contribution in [0.3, 0.4) is 0 Å². The largest absolute Gasteiger partial charge is 0.391 e. The number of likely N-dealkylation sites (N-methyl/N-ethyl adjacent to an activating group) is 1. The fraction of sp³-hybridized carbons (Fsp3) is 0.385. The van der Waals surface area contributed by atoms with Crippen LogP contribution < -0.4 is 0 Å². The molecule has 0 radical (unpaired) electrons. The van der Waals surface area contributed by atoms with E-state index in [4.69, 9.17) is 5.11 Å². The molecule has 1 atom stereocenters. The molecule has 2 nitrogen and oxygen atoms in total. The van der Waals surface area contributed by atoms with Crippen molar-refractivity contribution in [2.45, 2.75) is 6.54 Å². The SMILES string of the molecule is C=CC[N@+](C)(CCO)Cc1ccccc1Br. The van der Waals surface area contributed by atoms with Gasteiger partial charge in [-0.25, -0.2) is 0 Å². The summed E-state index contributed by atoms with van der Waals surface area (Å²) >= 11 is 3.55. The molecule has 16 heavy (non-hydrogen) atoms. The molecule has 0 aliphatic carbocycles. The summed E-state index contributed by atoms with van der Waals surface area (Å²) in [5.74, 6) is 0. The van der Waals surface area contributed by atoms with Gasteiger partial charge in [-0.3, -0.25) is 0 Å². The molecule has 0 unspecified atom stereocenters. The highest BCUT2D eigenvalue weighted by Gasteiger charge is 2.20. The first-order valence-electron chi connectivity index (χ1n) is 5.40. The summed E-state index contributed by atoms with van der Waals surface area (Å²) in [6.45, 7) is 6.49. The molecule has 1 aromatic carbocycles. The number of aliphatic hydroxyl groups excluding tert-OH is 1. The molecule has 0 aliphatic rings. The lowest BCUT2D eigenvalue weighted by atomic mass is 10.2. The molecule has 0 amide bonds. The highest BCUT2D eigenvalue weighted by molar-refractivity contribution is 9.10. The van der Waals surface area contributed by atoms with E-state index < -0.39 is 0 Å². The molecule has 0 aromatic heterocycles. The van der Waals surface area contributed by atoms with Crippen molar-refractivity contribution in [2.24, 2.45) is 0 Å². The first-order valence-corrected chi connectivity index (χ1v) is 6.19. The second kappa shape index (κ2) is 6.18. The molecule has 0 bridgehead atoms. The van der Waals surface area contributed by atoms with E-state index in [0.29, 0.717) is 0 Å². The number of halogens is 1. The maximum Gasteiger partial charge on any atom is 0.106 e. The maximum absolute atomic E-state index is 9.11. The van der Waals surface area contributed by atoms with E-state index in [2.05, 4.69) is 35.6 Å². The first kappa shape index (κ1) is 13.4.